The summed E-state index contributed by atoms with van der Waals surface area (Å²) >= 11 is 1.77. The zero-order valence-electron chi connectivity index (χ0n) is 16.8. The molecule has 0 amide bonds. The van der Waals surface area contributed by atoms with E-state index in [-0.39, 0.29) is 0 Å². The van der Waals surface area contributed by atoms with E-state index in [1.807, 2.05) is 0 Å². The van der Waals surface area contributed by atoms with Gasteiger partial charge in [0.1, 0.15) is 0 Å². The van der Waals surface area contributed by atoms with Crippen molar-refractivity contribution in [3.63, 3.8) is 0 Å². The third kappa shape index (κ3) is 7.56. The minimum Gasteiger partial charge on any atom is -0.383 e. The summed E-state index contributed by atoms with van der Waals surface area (Å²) in [5.74, 6) is 0.838. The molecule has 0 aliphatic rings. The number of ether oxygens (including phenoxy) is 1. The van der Waals surface area contributed by atoms with Gasteiger partial charge in [-0.25, -0.2) is 9.98 Å². The first-order valence-corrected chi connectivity index (χ1v) is 10.2. The molecule has 148 valence electrons. The number of methoxy groups -OCH3 is 1. The monoisotopic (exact) mass is 389 g/mol. The molecule has 0 saturated heterocycles. The average Bonchev–Trinajstić information content (AvgIpc) is 2.98. The number of rotatable bonds is 10. The van der Waals surface area contributed by atoms with Gasteiger partial charge in [-0.1, -0.05) is 12.1 Å². The molecule has 27 heavy (non-hydrogen) atoms. The lowest BCUT2D eigenvalue weighted by Gasteiger charge is -2.11. The Labute approximate surface area is 166 Å². The topological polar surface area (TPSA) is 70.6 Å². The highest BCUT2D eigenvalue weighted by molar-refractivity contribution is 7.11. The molecule has 0 saturated carbocycles. The van der Waals surface area contributed by atoms with Gasteiger partial charge in [-0.3, -0.25) is 0 Å². The highest BCUT2D eigenvalue weighted by Crippen LogP contribution is 2.16. The number of aryl methyl sites for hydroxylation is 2. The lowest BCUT2D eigenvalue weighted by molar-refractivity contribution is 0.211. The summed E-state index contributed by atoms with van der Waals surface area (Å²) in [5.41, 5.74) is 3.41. The molecule has 0 atom stereocenters. The van der Waals surface area contributed by atoms with Crippen LogP contribution in [0.1, 0.15) is 28.1 Å². The van der Waals surface area contributed by atoms with Gasteiger partial charge >= 0.3 is 0 Å². The molecule has 2 rings (SSSR count). The summed E-state index contributed by atoms with van der Waals surface area (Å²) < 4.78 is 5.05. The van der Waals surface area contributed by atoms with Crippen LogP contribution < -0.4 is 16.0 Å². The van der Waals surface area contributed by atoms with Crippen LogP contribution in [0.25, 0.3) is 0 Å². The second kappa shape index (κ2) is 11.6. The lowest BCUT2D eigenvalue weighted by atomic mass is 10.2. The maximum atomic E-state index is 5.05. The van der Waals surface area contributed by atoms with E-state index in [1.54, 1.807) is 18.4 Å². The third-order valence-corrected chi connectivity index (χ3v) is 5.19. The number of aromatic nitrogens is 1. The SMILES string of the molecule is CCNC(=NCc1ccc(NCCOC)cc1)NCCc1nc(C)c(C)s1. The van der Waals surface area contributed by atoms with E-state index in [9.17, 15) is 0 Å². The molecule has 1 aromatic heterocycles. The molecule has 0 radical (unpaired) electrons. The van der Waals surface area contributed by atoms with Gasteiger partial charge in [0.2, 0.25) is 0 Å². The van der Waals surface area contributed by atoms with E-state index in [1.165, 1.54) is 15.4 Å². The summed E-state index contributed by atoms with van der Waals surface area (Å²) in [7, 11) is 1.71. The van der Waals surface area contributed by atoms with Crippen LogP contribution in [-0.4, -0.2) is 44.3 Å². The number of benzene rings is 1. The maximum Gasteiger partial charge on any atom is 0.191 e. The predicted octanol–water partition coefficient (Wildman–Crippen LogP) is 3.12. The van der Waals surface area contributed by atoms with Gasteiger partial charge in [0.25, 0.3) is 0 Å². The molecule has 0 spiro atoms. The molecule has 3 N–H and O–H groups in total. The minimum absolute atomic E-state index is 0.642. The molecular formula is C20H31N5OS. The molecule has 0 fully saturated rings. The van der Waals surface area contributed by atoms with Crippen molar-refractivity contribution in [2.45, 2.75) is 33.7 Å². The number of anilines is 1. The van der Waals surface area contributed by atoms with Gasteiger partial charge in [0, 0.05) is 43.7 Å². The molecule has 2 aromatic rings. The van der Waals surface area contributed by atoms with Crippen molar-refractivity contribution in [3.05, 3.63) is 45.4 Å². The van der Waals surface area contributed by atoms with Gasteiger partial charge in [-0.2, -0.15) is 0 Å². The molecule has 0 aliphatic heterocycles. The summed E-state index contributed by atoms with van der Waals surface area (Å²) in [6, 6.07) is 8.36. The predicted molar refractivity (Wildman–Crippen MR) is 115 cm³/mol. The number of nitrogens with zero attached hydrogens (tertiary/aromatic N) is 2. The van der Waals surface area contributed by atoms with E-state index in [2.05, 4.69) is 71.0 Å². The number of hydrogen-bond acceptors (Lipinski definition) is 5. The van der Waals surface area contributed by atoms with Crippen molar-refractivity contribution in [2.24, 2.45) is 4.99 Å². The van der Waals surface area contributed by atoms with Crippen molar-refractivity contribution in [1.82, 2.24) is 15.6 Å². The van der Waals surface area contributed by atoms with Crippen LogP contribution in [0.4, 0.5) is 5.69 Å². The molecule has 7 heteroatoms. The van der Waals surface area contributed by atoms with Gasteiger partial charge < -0.3 is 20.7 Å². The zero-order valence-corrected chi connectivity index (χ0v) is 17.6. The van der Waals surface area contributed by atoms with E-state index in [4.69, 9.17) is 4.74 Å². The first-order valence-electron chi connectivity index (χ1n) is 9.39. The molecule has 0 unspecified atom stereocenters. The van der Waals surface area contributed by atoms with Crippen LogP contribution in [0.15, 0.2) is 29.3 Å². The highest BCUT2D eigenvalue weighted by Gasteiger charge is 2.04. The zero-order chi connectivity index (χ0) is 19.5. The molecular weight excluding hydrogens is 358 g/mol. The van der Waals surface area contributed by atoms with Gasteiger partial charge in [-0.05, 0) is 38.5 Å². The van der Waals surface area contributed by atoms with Crippen molar-refractivity contribution in [2.75, 3.05) is 38.7 Å². The number of hydrogen-bond donors (Lipinski definition) is 3. The summed E-state index contributed by atoms with van der Waals surface area (Å²) in [6.45, 7) is 10.1. The molecule has 0 bridgehead atoms. The number of aliphatic imine (C=N–C) groups is 1. The summed E-state index contributed by atoms with van der Waals surface area (Å²) in [6.07, 6.45) is 0.908. The summed E-state index contributed by atoms with van der Waals surface area (Å²) in [5, 5.41) is 11.2. The first-order chi connectivity index (χ1) is 13.1. The molecule has 1 aromatic carbocycles. The normalized spacial score (nSPS) is 11.5. The largest absolute Gasteiger partial charge is 0.383 e. The van der Waals surface area contributed by atoms with Crippen LogP contribution in [0, 0.1) is 13.8 Å². The Balaban J connectivity index is 1.83. The lowest BCUT2D eigenvalue weighted by Crippen LogP contribution is -2.38. The highest BCUT2D eigenvalue weighted by atomic mass is 32.1. The smallest absolute Gasteiger partial charge is 0.191 e. The van der Waals surface area contributed by atoms with Crippen molar-refractivity contribution in [1.29, 1.82) is 0 Å². The standard InChI is InChI=1S/C20H31N5OS/c1-5-21-20(23-11-10-19-25-15(2)16(3)27-19)24-14-17-6-8-18(9-7-17)22-12-13-26-4/h6-9,22H,5,10-14H2,1-4H3,(H2,21,23,24). The van der Waals surface area contributed by atoms with Crippen LogP contribution in [-0.2, 0) is 17.7 Å². The van der Waals surface area contributed by atoms with Crippen molar-refractivity contribution >= 4 is 23.0 Å². The van der Waals surface area contributed by atoms with Gasteiger partial charge in [0.05, 0.1) is 23.9 Å². The Morgan fingerprint density at radius 1 is 1.15 bits per heavy atom. The fourth-order valence-corrected chi connectivity index (χ4v) is 3.40. The molecule has 6 nitrogen and oxygen atoms in total. The summed E-state index contributed by atoms with van der Waals surface area (Å²) in [4.78, 5) is 10.6. The Morgan fingerprint density at radius 2 is 1.93 bits per heavy atom. The Hall–Kier alpha value is -2.12. The number of nitrogens with one attached hydrogen (secondary N) is 3. The second-order valence-electron chi connectivity index (χ2n) is 6.24. The third-order valence-electron chi connectivity index (χ3n) is 4.06. The van der Waals surface area contributed by atoms with E-state index < -0.39 is 0 Å². The molecule has 1 heterocycles. The van der Waals surface area contributed by atoms with Crippen LogP contribution in [0.5, 0.6) is 0 Å². The van der Waals surface area contributed by atoms with Gasteiger partial charge in [-0.15, -0.1) is 11.3 Å². The van der Waals surface area contributed by atoms with Crippen molar-refractivity contribution < 1.29 is 4.74 Å². The van der Waals surface area contributed by atoms with E-state index >= 15 is 0 Å². The Kier molecular flexibility index (Phi) is 9.07. The van der Waals surface area contributed by atoms with Crippen LogP contribution in [0.2, 0.25) is 0 Å². The fourth-order valence-electron chi connectivity index (χ4n) is 2.47. The second-order valence-corrected chi connectivity index (χ2v) is 7.53. The van der Waals surface area contributed by atoms with Crippen LogP contribution in [0.3, 0.4) is 0 Å². The van der Waals surface area contributed by atoms with Crippen LogP contribution >= 0.6 is 11.3 Å². The van der Waals surface area contributed by atoms with Crippen molar-refractivity contribution in [3.8, 4) is 0 Å². The first kappa shape index (κ1) is 21.2. The quantitative estimate of drug-likeness (QED) is 0.331. The Bertz CT molecular complexity index is 692. The Morgan fingerprint density at radius 3 is 2.56 bits per heavy atom. The number of thiazole rings is 1. The number of guanidine groups is 1. The average molecular weight is 390 g/mol. The molecule has 0 aliphatic carbocycles. The minimum atomic E-state index is 0.642. The van der Waals surface area contributed by atoms with E-state index in [0.29, 0.717) is 13.2 Å². The fraction of sp³-hybridized carbons (Fsp3) is 0.500. The van der Waals surface area contributed by atoms with E-state index in [0.717, 1.165) is 43.4 Å². The maximum absolute atomic E-state index is 5.05. The van der Waals surface area contributed by atoms with Gasteiger partial charge in [0.15, 0.2) is 5.96 Å².